The van der Waals surface area contributed by atoms with Gasteiger partial charge in [0, 0.05) is 6.04 Å². The van der Waals surface area contributed by atoms with Gasteiger partial charge in [0.25, 0.3) is 0 Å². The van der Waals surface area contributed by atoms with Crippen LogP contribution in [0.3, 0.4) is 0 Å². The van der Waals surface area contributed by atoms with Crippen molar-refractivity contribution in [3.8, 4) is 0 Å². The fraction of sp³-hybridized carbons (Fsp3) is 1.00. The predicted molar refractivity (Wildman–Crippen MR) is 77.5 cm³/mol. The van der Waals surface area contributed by atoms with Crippen molar-refractivity contribution in [3.63, 3.8) is 0 Å². The molecule has 18 heavy (non-hydrogen) atoms. The van der Waals surface area contributed by atoms with Crippen LogP contribution in [-0.2, 0) is 0 Å². The van der Waals surface area contributed by atoms with Crippen LogP contribution in [-0.4, -0.2) is 12.6 Å². The second kappa shape index (κ2) is 5.15. The topological polar surface area (TPSA) is 12.0 Å². The van der Waals surface area contributed by atoms with Gasteiger partial charge in [-0.15, -0.1) is 0 Å². The molecule has 4 aliphatic rings. The summed E-state index contributed by atoms with van der Waals surface area (Å²) in [7, 11) is 0. The van der Waals surface area contributed by atoms with Crippen molar-refractivity contribution in [2.45, 2.75) is 65.3 Å². The molecule has 4 rings (SSSR count). The molecule has 0 aliphatic heterocycles. The zero-order chi connectivity index (χ0) is 12.7. The lowest BCUT2D eigenvalue weighted by Crippen LogP contribution is -2.54. The van der Waals surface area contributed by atoms with Crippen LogP contribution in [0.25, 0.3) is 0 Å². The molecule has 0 radical (unpaired) electrons. The molecule has 0 heterocycles. The fourth-order valence-corrected chi connectivity index (χ4v) is 5.76. The van der Waals surface area contributed by atoms with Gasteiger partial charge in [-0.25, -0.2) is 0 Å². The summed E-state index contributed by atoms with van der Waals surface area (Å²) in [6, 6.07) is 0.801. The van der Waals surface area contributed by atoms with E-state index in [4.69, 9.17) is 0 Å². The summed E-state index contributed by atoms with van der Waals surface area (Å²) in [5.74, 6) is 6.23. The molecule has 4 saturated carbocycles. The summed E-state index contributed by atoms with van der Waals surface area (Å²) in [6.45, 7) is 8.27. The molecule has 0 aromatic heterocycles. The smallest absolute Gasteiger partial charge is 0.0126 e. The van der Waals surface area contributed by atoms with E-state index in [1.165, 1.54) is 6.42 Å². The Kier molecular flexibility index (Phi) is 3.71. The molecule has 1 nitrogen and oxygen atoms in total. The van der Waals surface area contributed by atoms with E-state index in [2.05, 4.69) is 26.1 Å². The highest BCUT2D eigenvalue weighted by molar-refractivity contribution is 5.02. The van der Waals surface area contributed by atoms with Crippen LogP contribution in [0, 0.1) is 35.5 Å². The van der Waals surface area contributed by atoms with Crippen LogP contribution in [0.2, 0.25) is 0 Å². The largest absolute Gasteiger partial charge is 0.314 e. The molecular weight excluding hydrogens is 218 g/mol. The van der Waals surface area contributed by atoms with Crippen LogP contribution in [0.15, 0.2) is 0 Å². The number of nitrogens with one attached hydrogen (secondary N) is 1. The van der Waals surface area contributed by atoms with E-state index in [1.54, 1.807) is 32.1 Å². The van der Waals surface area contributed by atoms with Gasteiger partial charge in [-0.2, -0.15) is 0 Å². The van der Waals surface area contributed by atoms with E-state index in [1.807, 2.05) is 0 Å². The van der Waals surface area contributed by atoms with Crippen LogP contribution in [0.4, 0.5) is 0 Å². The SMILES string of the molecule is CCNC(C(C)CC)C1C2CC3CC(C2)CC1C3. The van der Waals surface area contributed by atoms with Crippen LogP contribution < -0.4 is 5.32 Å². The van der Waals surface area contributed by atoms with Crippen molar-refractivity contribution >= 4 is 0 Å². The van der Waals surface area contributed by atoms with Gasteiger partial charge in [0.2, 0.25) is 0 Å². The Morgan fingerprint density at radius 3 is 1.94 bits per heavy atom. The summed E-state index contributed by atoms with van der Waals surface area (Å²) in [4.78, 5) is 0. The van der Waals surface area contributed by atoms with E-state index < -0.39 is 0 Å². The zero-order valence-corrected chi connectivity index (χ0v) is 12.5. The van der Waals surface area contributed by atoms with Gasteiger partial charge in [0.05, 0.1) is 0 Å². The minimum Gasteiger partial charge on any atom is -0.314 e. The van der Waals surface area contributed by atoms with Gasteiger partial charge < -0.3 is 5.32 Å². The summed E-state index contributed by atoms with van der Waals surface area (Å²) in [5.41, 5.74) is 0. The standard InChI is InChI=1S/C17H31N/c1-4-11(3)17(18-5-2)16-14-7-12-6-13(9-14)10-15(16)8-12/h11-18H,4-10H2,1-3H3. The quantitative estimate of drug-likeness (QED) is 0.774. The Morgan fingerprint density at radius 2 is 1.50 bits per heavy atom. The van der Waals surface area contributed by atoms with Crippen LogP contribution >= 0.6 is 0 Å². The third-order valence-corrected chi connectivity index (χ3v) is 6.41. The Morgan fingerprint density at radius 1 is 0.944 bits per heavy atom. The molecule has 0 saturated heterocycles. The van der Waals surface area contributed by atoms with Crippen molar-refractivity contribution in [2.24, 2.45) is 35.5 Å². The first-order valence-electron chi connectivity index (χ1n) is 8.46. The van der Waals surface area contributed by atoms with E-state index in [0.717, 1.165) is 48.1 Å². The van der Waals surface area contributed by atoms with Gasteiger partial charge in [-0.3, -0.25) is 0 Å². The molecule has 4 fully saturated rings. The van der Waals surface area contributed by atoms with Gasteiger partial charge >= 0.3 is 0 Å². The monoisotopic (exact) mass is 249 g/mol. The third-order valence-electron chi connectivity index (χ3n) is 6.41. The maximum Gasteiger partial charge on any atom is 0.0126 e. The molecule has 1 heteroatoms. The predicted octanol–water partition coefficient (Wildman–Crippen LogP) is 4.08. The highest BCUT2D eigenvalue weighted by Crippen LogP contribution is 2.57. The molecule has 4 bridgehead atoms. The van der Waals surface area contributed by atoms with E-state index in [-0.39, 0.29) is 0 Å². The van der Waals surface area contributed by atoms with Crippen molar-refractivity contribution in [1.29, 1.82) is 0 Å². The Balaban J connectivity index is 1.77. The summed E-state index contributed by atoms with van der Waals surface area (Å²) >= 11 is 0. The molecule has 0 spiro atoms. The summed E-state index contributed by atoms with van der Waals surface area (Å²) in [6.07, 6.45) is 9.17. The molecule has 0 amide bonds. The lowest BCUT2D eigenvalue weighted by atomic mass is 9.50. The molecular formula is C17H31N. The zero-order valence-electron chi connectivity index (χ0n) is 12.5. The second-order valence-corrected chi connectivity index (χ2v) is 7.48. The van der Waals surface area contributed by atoms with Gasteiger partial charge in [-0.1, -0.05) is 27.2 Å². The number of rotatable bonds is 5. The van der Waals surface area contributed by atoms with E-state index >= 15 is 0 Å². The minimum absolute atomic E-state index is 0.801. The van der Waals surface area contributed by atoms with Gasteiger partial charge in [0.15, 0.2) is 0 Å². The van der Waals surface area contributed by atoms with Crippen molar-refractivity contribution in [1.82, 2.24) is 5.32 Å². The Labute approximate surface area is 113 Å². The first-order chi connectivity index (χ1) is 8.72. The lowest BCUT2D eigenvalue weighted by molar-refractivity contribution is -0.0594. The first-order valence-corrected chi connectivity index (χ1v) is 8.46. The Hall–Kier alpha value is -0.0400. The molecule has 0 aromatic carbocycles. The fourth-order valence-electron chi connectivity index (χ4n) is 5.76. The van der Waals surface area contributed by atoms with Gasteiger partial charge in [-0.05, 0) is 74.2 Å². The second-order valence-electron chi connectivity index (χ2n) is 7.48. The third kappa shape index (κ3) is 2.13. The average Bonchev–Trinajstić information content (AvgIpc) is 2.35. The first kappa shape index (κ1) is 13.0. The molecule has 4 aliphatic carbocycles. The molecule has 1 N–H and O–H groups in total. The highest BCUT2D eigenvalue weighted by atomic mass is 14.9. The maximum absolute atomic E-state index is 3.86. The number of hydrogen-bond acceptors (Lipinski definition) is 1. The van der Waals surface area contributed by atoms with Crippen molar-refractivity contribution in [3.05, 3.63) is 0 Å². The normalized spacial score (nSPS) is 45.2. The van der Waals surface area contributed by atoms with E-state index in [0.29, 0.717) is 0 Å². The minimum atomic E-state index is 0.801. The molecule has 0 aromatic rings. The summed E-state index contributed by atoms with van der Waals surface area (Å²) in [5, 5.41) is 3.86. The van der Waals surface area contributed by atoms with Crippen LogP contribution in [0.5, 0.6) is 0 Å². The number of hydrogen-bond donors (Lipinski definition) is 1. The molecule has 2 atom stereocenters. The summed E-state index contributed by atoms with van der Waals surface area (Å²) < 4.78 is 0. The van der Waals surface area contributed by atoms with Crippen molar-refractivity contribution < 1.29 is 0 Å². The van der Waals surface area contributed by atoms with Crippen LogP contribution in [0.1, 0.15) is 59.3 Å². The van der Waals surface area contributed by atoms with Crippen molar-refractivity contribution in [2.75, 3.05) is 6.54 Å². The Bertz CT molecular complexity index is 257. The lowest BCUT2D eigenvalue weighted by Gasteiger charge is -2.57. The van der Waals surface area contributed by atoms with E-state index in [9.17, 15) is 0 Å². The highest BCUT2D eigenvalue weighted by Gasteiger charge is 2.50. The molecule has 2 unspecified atom stereocenters. The maximum atomic E-state index is 3.86. The average molecular weight is 249 g/mol. The molecule has 104 valence electrons. The van der Waals surface area contributed by atoms with Gasteiger partial charge in [0.1, 0.15) is 0 Å².